The summed E-state index contributed by atoms with van der Waals surface area (Å²) >= 11 is 0. The van der Waals surface area contributed by atoms with Crippen LogP contribution in [0, 0.1) is 5.92 Å². The maximum Gasteiger partial charge on any atom is 0.213 e. The van der Waals surface area contributed by atoms with Crippen LogP contribution in [-0.4, -0.2) is 44.2 Å². The maximum atomic E-state index is 11.8. The van der Waals surface area contributed by atoms with Gasteiger partial charge in [0.25, 0.3) is 0 Å². The molecular weight excluding hydrogens is 224 g/mol. The summed E-state index contributed by atoms with van der Waals surface area (Å²) in [5.41, 5.74) is 0. The molecule has 0 aliphatic carbocycles. The lowest BCUT2D eigenvalue weighted by molar-refractivity contribution is 0.225. The molecule has 1 heterocycles. The summed E-state index contributed by atoms with van der Waals surface area (Å²) in [6, 6.07) is 0.403. The van der Waals surface area contributed by atoms with E-state index in [1.54, 1.807) is 11.2 Å². The Kier molecular flexibility index (Phi) is 5.21. The topological polar surface area (TPSA) is 49.4 Å². The van der Waals surface area contributed by atoms with Crippen molar-refractivity contribution in [1.29, 1.82) is 0 Å². The molecule has 0 saturated carbocycles. The van der Waals surface area contributed by atoms with E-state index in [0.29, 0.717) is 25.0 Å². The van der Waals surface area contributed by atoms with Crippen LogP contribution in [0.2, 0.25) is 0 Å². The lowest BCUT2D eigenvalue weighted by Crippen LogP contribution is -2.46. The van der Waals surface area contributed by atoms with E-state index in [1.807, 2.05) is 0 Å². The molecule has 1 aliphatic rings. The molecule has 0 aromatic heterocycles. The second-order valence-electron chi connectivity index (χ2n) is 4.51. The summed E-state index contributed by atoms with van der Waals surface area (Å²) in [6.45, 7) is 8.27. The van der Waals surface area contributed by atoms with Crippen molar-refractivity contribution in [3.8, 4) is 0 Å². The highest BCUT2D eigenvalue weighted by atomic mass is 32.2. The van der Waals surface area contributed by atoms with Crippen molar-refractivity contribution in [1.82, 2.24) is 9.62 Å². The zero-order chi connectivity index (χ0) is 12.2. The van der Waals surface area contributed by atoms with E-state index in [2.05, 4.69) is 19.2 Å². The minimum atomic E-state index is -3.00. The Morgan fingerprint density at radius 3 is 2.69 bits per heavy atom. The third-order valence-corrected chi connectivity index (χ3v) is 5.26. The van der Waals surface area contributed by atoms with Gasteiger partial charge in [-0.25, -0.2) is 12.7 Å². The molecule has 1 rings (SSSR count). The highest BCUT2D eigenvalue weighted by Crippen LogP contribution is 2.22. The molecule has 1 saturated heterocycles. The molecule has 2 atom stereocenters. The van der Waals surface area contributed by atoms with Gasteiger partial charge in [-0.3, -0.25) is 0 Å². The van der Waals surface area contributed by atoms with Gasteiger partial charge in [0.1, 0.15) is 0 Å². The molecular formula is C11H24N2O2S. The van der Waals surface area contributed by atoms with Gasteiger partial charge in [0, 0.05) is 19.1 Å². The van der Waals surface area contributed by atoms with Crippen LogP contribution in [0.15, 0.2) is 0 Å². The zero-order valence-electron chi connectivity index (χ0n) is 10.6. The number of hydrogen-bond acceptors (Lipinski definition) is 3. The molecule has 5 heteroatoms. The van der Waals surface area contributed by atoms with Crippen molar-refractivity contribution < 1.29 is 8.42 Å². The van der Waals surface area contributed by atoms with Gasteiger partial charge in [-0.1, -0.05) is 6.92 Å². The normalized spacial score (nSPS) is 25.6. The standard InChI is InChI=1S/C11H24N2O2S/c1-4-12-10(3)11-7-6-8-13(9-11)16(14,15)5-2/h10-12H,4-9H2,1-3H3. The molecule has 0 amide bonds. The van der Waals surface area contributed by atoms with Crippen LogP contribution < -0.4 is 5.32 Å². The molecule has 1 aliphatic heterocycles. The highest BCUT2D eigenvalue weighted by Gasteiger charge is 2.29. The minimum Gasteiger partial charge on any atom is -0.314 e. The van der Waals surface area contributed by atoms with Crippen molar-refractivity contribution in [3.05, 3.63) is 0 Å². The molecule has 0 aromatic carbocycles. The van der Waals surface area contributed by atoms with Gasteiger partial charge < -0.3 is 5.32 Å². The van der Waals surface area contributed by atoms with Gasteiger partial charge >= 0.3 is 0 Å². The number of sulfonamides is 1. The van der Waals surface area contributed by atoms with E-state index in [9.17, 15) is 8.42 Å². The van der Waals surface area contributed by atoms with Gasteiger partial charge in [0.05, 0.1) is 5.75 Å². The molecule has 1 fully saturated rings. The maximum absolute atomic E-state index is 11.8. The Bertz CT molecular complexity index is 303. The highest BCUT2D eigenvalue weighted by molar-refractivity contribution is 7.89. The SMILES string of the molecule is CCNC(C)C1CCCN(S(=O)(=O)CC)C1. The number of piperidine rings is 1. The molecule has 2 unspecified atom stereocenters. The molecule has 96 valence electrons. The van der Waals surface area contributed by atoms with Crippen LogP contribution in [0.5, 0.6) is 0 Å². The van der Waals surface area contributed by atoms with E-state index >= 15 is 0 Å². The monoisotopic (exact) mass is 248 g/mol. The van der Waals surface area contributed by atoms with Crippen LogP contribution in [0.4, 0.5) is 0 Å². The fraction of sp³-hybridized carbons (Fsp3) is 1.00. The van der Waals surface area contributed by atoms with Gasteiger partial charge in [-0.05, 0) is 39.2 Å². The van der Waals surface area contributed by atoms with E-state index in [0.717, 1.165) is 19.4 Å². The van der Waals surface area contributed by atoms with Crippen LogP contribution >= 0.6 is 0 Å². The van der Waals surface area contributed by atoms with Crippen molar-refractivity contribution >= 4 is 10.0 Å². The van der Waals surface area contributed by atoms with Crippen LogP contribution in [0.3, 0.4) is 0 Å². The first-order valence-corrected chi connectivity index (χ1v) is 7.83. The van der Waals surface area contributed by atoms with Crippen molar-refractivity contribution in [3.63, 3.8) is 0 Å². The smallest absolute Gasteiger partial charge is 0.213 e. The number of nitrogens with one attached hydrogen (secondary N) is 1. The second-order valence-corrected chi connectivity index (χ2v) is 6.76. The third-order valence-electron chi connectivity index (χ3n) is 3.41. The van der Waals surface area contributed by atoms with Crippen molar-refractivity contribution in [2.24, 2.45) is 5.92 Å². The second kappa shape index (κ2) is 5.98. The van der Waals surface area contributed by atoms with Crippen LogP contribution in [0.1, 0.15) is 33.6 Å². The first-order chi connectivity index (χ1) is 7.51. The fourth-order valence-electron chi connectivity index (χ4n) is 2.31. The molecule has 0 spiro atoms. The van der Waals surface area contributed by atoms with Crippen molar-refractivity contribution in [2.45, 2.75) is 39.7 Å². The Hall–Kier alpha value is -0.130. The number of hydrogen-bond donors (Lipinski definition) is 1. The summed E-state index contributed by atoms with van der Waals surface area (Å²) in [5.74, 6) is 0.671. The number of rotatable bonds is 5. The van der Waals surface area contributed by atoms with Crippen LogP contribution in [-0.2, 0) is 10.0 Å². The van der Waals surface area contributed by atoms with Gasteiger partial charge in [0.2, 0.25) is 10.0 Å². The van der Waals surface area contributed by atoms with E-state index in [1.165, 1.54) is 0 Å². The van der Waals surface area contributed by atoms with Gasteiger partial charge in [-0.2, -0.15) is 0 Å². The number of nitrogens with zero attached hydrogens (tertiary/aromatic N) is 1. The largest absolute Gasteiger partial charge is 0.314 e. The van der Waals surface area contributed by atoms with Gasteiger partial charge in [0.15, 0.2) is 0 Å². The molecule has 0 bridgehead atoms. The summed E-state index contributed by atoms with van der Waals surface area (Å²) in [7, 11) is -3.00. The summed E-state index contributed by atoms with van der Waals surface area (Å²) in [6.07, 6.45) is 2.11. The lowest BCUT2D eigenvalue weighted by atomic mass is 9.93. The Morgan fingerprint density at radius 2 is 2.12 bits per heavy atom. The zero-order valence-corrected chi connectivity index (χ0v) is 11.4. The minimum absolute atomic E-state index is 0.218. The van der Waals surface area contributed by atoms with Crippen molar-refractivity contribution in [2.75, 3.05) is 25.4 Å². The molecule has 16 heavy (non-hydrogen) atoms. The van der Waals surface area contributed by atoms with E-state index in [-0.39, 0.29) is 5.75 Å². The molecule has 1 N–H and O–H groups in total. The predicted molar refractivity (Wildman–Crippen MR) is 66.9 cm³/mol. The fourth-order valence-corrected chi connectivity index (χ4v) is 3.50. The average Bonchev–Trinajstić information content (AvgIpc) is 2.29. The quantitative estimate of drug-likeness (QED) is 0.791. The van der Waals surface area contributed by atoms with Gasteiger partial charge in [-0.15, -0.1) is 0 Å². The molecule has 0 aromatic rings. The molecule has 0 radical (unpaired) electrons. The summed E-state index contributed by atoms with van der Waals surface area (Å²) in [4.78, 5) is 0. The Labute approximate surface area is 99.5 Å². The summed E-state index contributed by atoms with van der Waals surface area (Å²) < 4.78 is 25.2. The predicted octanol–water partition coefficient (Wildman–Crippen LogP) is 1.05. The Morgan fingerprint density at radius 1 is 1.44 bits per heavy atom. The summed E-state index contributed by atoms with van der Waals surface area (Å²) in [5, 5.41) is 3.38. The van der Waals surface area contributed by atoms with E-state index in [4.69, 9.17) is 0 Å². The third kappa shape index (κ3) is 3.43. The first kappa shape index (κ1) is 13.9. The van der Waals surface area contributed by atoms with E-state index < -0.39 is 10.0 Å². The first-order valence-electron chi connectivity index (χ1n) is 6.22. The molecule has 4 nitrogen and oxygen atoms in total. The average molecular weight is 248 g/mol. The van der Waals surface area contributed by atoms with Crippen LogP contribution in [0.25, 0.3) is 0 Å². The lowest BCUT2D eigenvalue weighted by Gasteiger charge is -2.35. The Balaban J connectivity index is 2.60.